The lowest BCUT2D eigenvalue weighted by Crippen LogP contribution is -2.62. The highest BCUT2D eigenvalue weighted by Gasteiger charge is 2.50. The molecule has 0 saturated carbocycles. The van der Waals surface area contributed by atoms with Crippen molar-refractivity contribution in [1.29, 1.82) is 0 Å². The molecule has 15 nitrogen and oxygen atoms in total. The van der Waals surface area contributed by atoms with E-state index in [1.807, 2.05) is 0 Å². The summed E-state index contributed by atoms with van der Waals surface area (Å²) >= 11 is 0. The third kappa shape index (κ3) is 5.63. The molecule has 0 aromatic heterocycles. The molecule has 9 N–H and O–H groups in total. The molecule has 15 heteroatoms. The Morgan fingerprint density at radius 3 is 2.10 bits per heavy atom. The zero-order valence-electron chi connectivity index (χ0n) is 22.1. The number of fused-ring (bicyclic) bond motifs is 1. The van der Waals surface area contributed by atoms with E-state index in [1.54, 1.807) is 0 Å². The van der Waals surface area contributed by atoms with Crippen LogP contribution in [0.2, 0.25) is 0 Å². The highest BCUT2D eigenvalue weighted by Crippen LogP contribution is 2.43. The van der Waals surface area contributed by atoms with E-state index in [4.69, 9.17) is 23.7 Å². The minimum absolute atomic E-state index is 0.0801. The number of aliphatic hydroxyl groups is 6. The van der Waals surface area contributed by atoms with Gasteiger partial charge in [-0.3, -0.25) is 4.79 Å². The first-order valence-corrected chi connectivity index (χ1v) is 13.1. The van der Waals surface area contributed by atoms with Crippen molar-refractivity contribution < 1.29 is 74.4 Å². The summed E-state index contributed by atoms with van der Waals surface area (Å²) in [5.74, 6) is -2.04. The summed E-state index contributed by atoms with van der Waals surface area (Å²) in [5, 5.41) is 91.9. The monoisotopic (exact) mass is 596 g/mol. The van der Waals surface area contributed by atoms with Crippen LogP contribution in [0, 0.1) is 0 Å². The fraction of sp³-hybridized carbons (Fsp3) is 0.519. The molecule has 2 saturated heterocycles. The van der Waals surface area contributed by atoms with Gasteiger partial charge in [0.2, 0.25) is 5.78 Å². The van der Waals surface area contributed by atoms with Crippen LogP contribution < -0.4 is 4.74 Å². The predicted molar refractivity (Wildman–Crippen MR) is 135 cm³/mol. The molecule has 2 unspecified atom stereocenters. The number of phenolic OH excluding ortho intramolecular Hbond substituents is 3. The Balaban J connectivity index is 1.38. The number of phenols is 3. The van der Waals surface area contributed by atoms with Gasteiger partial charge in [-0.15, -0.1) is 0 Å². The normalized spacial score (nSPS) is 38.5. The number of carbonyl (C=O) groups excluding carboxylic acids is 1. The zero-order chi connectivity index (χ0) is 30.5. The number of ether oxygens (including phenoxy) is 5. The second-order valence-electron chi connectivity index (χ2n) is 10.4. The van der Waals surface area contributed by atoms with Crippen molar-refractivity contribution in [3.8, 4) is 23.0 Å². The molecule has 0 bridgehead atoms. The second-order valence-corrected chi connectivity index (χ2v) is 10.4. The van der Waals surface area contributed by atoms with Gasteiger partial charge in [-0.25, -0.2) is 0 Å². The molecule has 2 aromatic rings. The van der Waals surface area contributed by atoms with Gasteiger partial charge >= 0.3 is 0 Å². The van der Waals surface area contributed by atoms with Crippen molar-refractivity contribution in [1.82, 2.24) is 0 Å². The number of aromatic hydroxyl groups is 3. The topological polar surface area (TPSA) is 245 Å². The number of ketones is 1. The smallest absolute Gasteiger partial charge is 0.203 e. The molecule has 42 heavy (non-hydrogen) atoms. The van der Waals surface area contributed by atoms with Gasteiger partial charge in [0.15, 0.2) is 24.8 Å². The molecule has 3 aliphatic heterocycles. The van der Waals surface area contributed by atoms with E-state index in [-0.39, 0.29) is 22.8 Å². The van der Waals surface area contributed by atoms with Crippen molar-refractivity contribution in [2.75, 3.05) is 6.61 Å². The Morgan fingerprint density at radius 1 is 0.762 bits per heavy atom. The molecule has 3 heterocycles. The molecule has 230 valence electrons. The maximum Gasteiger partial charge on any atom is 0.203 e. The SMILES string of the molecule is C[C@@H]1O[C@@H](OC[C@H]2O[C@@H](OC3C(=O)c4c(O)cc(O)cc4OC3c3ccc(O)cc3)[C@H](O)[C@@H](O)[C@@H]2O)[C@H](O)[C@H](O)[C@H]1O. The largest absolute Gasteiger partial charge is 0.508 e. The molecule has 2 fully saturated rings. The van der Waals surface area contributed by atoms with Gasteiger partial charge in [0.05, 0.1) is 12.7 Å². The van der Waals surface area contributed by atoms with E-state index in [2.05, 4.69) is 0 Å². The lowest BCUT2D eigenvalue weighted by molar-refractivity contribution is -0.333. The van der Waals surface area contributed by atoms with Gasteiger partial charge in [0, 0.05) is 12.1 Å². The lowest BCUT2D eigenvalue weighted by Gasteiger charge is -2.44. The lowest BCUT2D eigenvalue weighted by atomic mass is 9.92. The first kappa shape index (κ1) is 30.4. The molecule has 2 aromatic carbocycles. The molecule has 3 aliphatic rings. The average molecular weight is 597 g/mol. The van der Waals surface area contributed by atoms with Crippen LogP contribution in [0.3, 0.4) is 0 Å². The molecular formula is C27H32O15. The van der Waals surface area contributed by atoms with Crippen LogP contribution in [0.15, 0.2) is 36.4 Å². The minimum Gasteiger partial charge on any atom is -0.508 e. The van der Waals surface area contributed by atoms with E-state index in [1.165, 1.54) is 31.2 Å². The van der Waals surface area contributed by atoms with Crippen LogP contribution in [-0.4, -0.2) is 126 Å². The first-order valence-electron chi connectivity index (χ1n) is 13.1. The third-order valence-electron chi connectivity index (χ3n) is 7.50. The zero-order valence-corrected chi connectivity index (χ0v) is 22.1. The Bertz CT molecular complexity index is 1270. The highest BCUT2D eigenvalue weighted by molar-refractivity contribution is 6.05. The highest BCUT2D eigenvalue weighted by atomic mass is 16.7. The molecule has 0 spiro atoms. The van der Waals surface area contributed by atoms with Gasteiger partial charge in [-0.1, -0.05) is 12.1 Å². The second kappa shape index (κ2) is 11.9. The van der Waals surface area contributed by atoms with E-state index >= 15 is 0 Å². The molecular weight excluding hydrogens is 564 g/mol. The van der Waals surface area contributed by atoms with Crippen molar-refractivity contribution in [2.45, 2.75) is 80.5 Å². The molecule has 0 radical (unpaired) electrons. The summed E-state index contributed by atoms with van der Waals surface area (Å²) in [6.45, 7) is 0.888. The summed E-state index contributed by atoms with van der Waals surface area (Å²) in [6.07, 6.45) is -18.5. The van der Waals surface area contributed by atoms with Crippen molar-refractivity contribution in [2.24, 2.45) is 0 Å². The Kier molecular flexibility index (Phi) is 8.60. The van der Waals surface area contributed by atoms with Gasteiger partial charge in [-0.05, 0) is 24.6 Å². The maximum atomic E-state index is 13.6. The summed E-state index contributed by atoms with van der Waals surface area (Å²) in [6, 6.07) is 7.57. The van der Waals surface area contributed by atoms with Crippen LogP contribution in [0.1, 0.15) is 28.9 Å². The van der Waals surface area contributed by atoms with E-state index in [0.717, 1.165) is 12.1 Å². The third-order valence-corrected chi connectivity index (χ3v) is 7.50. The summed E-state index contributed by atoms with van der Waals surface area (Å²) in [7, 11) is 0. The van der Waals surface area contributed by atoms with E-state index < -0.39 is 91.8 Å². The van der Waals surface area contributed by atoms with Gasteiger partial charge in [0.25, 0.3) is 0 Å². The van der Waals surface area contributed by atoms with E-state index in [0.29, 0.717) is 5.56 Å². The number of hydrogen-bond donors (Lipinski definition) is 9. The molecule has 0 amide bonds. The van der Waals surface area contributed by atoms with Crippen LogP contribution in [-0.2, 0) is 18.9 Å². The van der Waals surface area contributed by atoms with E-state index in [9.17, 15) is 50.8 Å². The number of rotatable bonds is 6. The molecule has 12 atom stereocenters. The fourth-order valence-electron chi connectivity index (χ4n) is 5.10. The summed E-state index contributed by atoms with van der Waals surface area (Å²) in [4.78, 5) is 13.6. The number of benzene rings is 2. The van der Waals surface area contributed by atoms with Gasteiger partial charge in [-0.2, -0.15) is 0 Å². The van der Waals surface area contributed by atoms with Crippen molar-refractivity contribution >= 4 is 5.78 Å². The van der Waals surface area contributed by atoms with Crippen LogP contribution >= 0.6 is 0 Å². The molecule has 5 rings (SSSR count). The maximum absolute atomic E-state index is 13.6. The number of hydrogen-bond acceptors (Lipinski definition) is 15. The van der Waals surface area contributed by atoms with Crippen molar-refractivity contribution in [3.63, 3.8) is 0 Å². The van der Waals surface area contributed by atoms with Crippen LogP contribution in [0.25, 0.3) is 0 Å². The summed E-state index contributed by atoms with van der Waals surface area (Å²) in [5.41, 5.74) is 0.000548. The standard InChI is InChI=1S/C27H32O15/c1-9-17(31)20(34)22(36)26(39-9)38-8-15-18(32)21(35)23(37)27(41-15)42-25-19(33)16-13(30)6-12(29)7-14(16)40-24(25)10-2-4-11(28)5-3-10/h2-7,9,15,17-18,20-32,34-37H,8H2,1H3/t9-,15+,17-,18+,20+,21-,22+,23+,24?,25?,26+,27-/m0/s1. The average Bonchev–Trinajstić information content (AvgIpc) is 2.95. The molecule has 0 aliphatic carbocycles. The summed E-state index contributed by atoms with van der Waals surface area (Å²) < 4.78 is 28.2. The Hall–Kier alpha value is -3.09. The van der Waals surface area contributed by atoms with Gasteiger partial charge in [0.1, 0.15) is 71.3 Å². The van der Waals surface area contributed by atoms with Gasteiger partial charge < -0.3 is 69.6 Å². The first-order chi connectivity index (χ1) is 19.9. The number of carbonyl (C=O) groups is 1. The number of aliphatic hydroxyl groups excluding tert-OH is 6. The Morgan fingerprint density at radius 2 is 1.40 bits per heavy atom. The minimum atomic E-state index is -1.88. The number of Topliss-reactive ketones (excluding diaryl/α,β-unsaturated/α-hetero) is 1. The fourth-order valence-corrected chi connectivity index (χ4v) is 5.10. The quantitative estimate of drug-likeness (QED) is 0.178. The van der Waals surface area contributed by atoms with Crippen molar-refractivity contribution in [3.05, 3.63) is 47.5 Å². The Labute approximate surface area is 238 Å². The van der Waals surface area contributed by atoms with Crippen LogP contribution in [0.5, 0.6) is 23.0 Å². The predicted octanol–water partition coefficient (Wildman–Crippen LogP) is -1.84. The van der Waals surface area contributed by atoms with Crippen LogP contribution in [0.4, 0.5) is 0 Å².